The largest absolute Gasteiger partial charge is 0.377 e. The molecule has 3 heteroatoms. The lowest BCUT2D eigenvalue weighted by Gasteiger charge is -2.15. The highest BCUT2D eigenvalue weighted by molar-refractivity contribution is 9.10. The molecule has 0 saturated heterocycles. The minimum absolute atomic E-state index is 0.210. The summed E-state index contributed by atoms with van der Waals surface area (Å²) in [6.45, 7) is 1.89. The minimum atomic E-state index is -0.210. The zero-order valence-electron chi connectivity index (χ0n) is 7.36. The second-order valence-corrected chi connectivity index (χ2v) is 3.80. The van der Waals surface area contributed by atoms with E-state index >= 15 is 0 Å². The second-order valence-electron chi connectivity index (χ2n) is 2.95. The van der Waals surface area contributed by atoms with Crippen molar-refractivity contribution in [3.63, 3.8) is 0 Å². The molecule has 0 radical (unpaired) electrons. The van der Waals surface area contributed by atoms with Gasteiger partial charge in [-0.05, 0) is 40.5 Å². The fourth-order valence-corrected chi connectivity index (χ4v) is 1.45. The van der Waals surface area contributed by atoms with Crippen LogP contribution in [-0.4, -0.2) is 14.1 Å². The van der Waals surface area contributed by atoms with Crippen molar-refractivity contribution in [2.24, 2.45) is 0 Å². The molecule has 0 atom stereocenters. The molecule has 0 aliphatic rings. The Morgan fingerprint density at radius 2 is 1.92 bits per heavy atom. The van der Waals surface area contributed by atoms with Gasteiger partial charge in [0, 0.05) is 19.8 Å². The smallest absolute Gasteiger partial charge is 0.137 e. The van der Waals surface area contributed by atoms with Crippen molar-refractivity contribution in [1.82, 2.24) is 0 Å². The van der Waals surface area contributed by atoms with E-state index in [1.165, 1.54) is 6.07 Å². The Hall–Kier alpha value is -0.570. The van der Waals surface area contributed by atoms with Gasteiger partial charge >= 0.3 is 0 Å². The number of hydrogen-bond acceptors (Lipinski definition) is 1. The molecule has 66 valence electrons. The van der Waals surface area contributed by atoms with Gasteiger partial charge in [-0.1, -0.05) is 0 Å². The van der Waals surface area contributed by atoms with Gasteiger partial charge in [-0.3, -0.25) is 0 Å². The number of hydrogen-bond donors (Lipinski definition) is 0. The Kier molecular flexibility index (Phi) is 2.73. The summed E-state index contributed by atoms with van der Waals surface area (Å²) >= 11 is 3.15. The van der Waals surface area contributed by atoms with Crippen LogP contribution in [-0.2, 0) is 0 Å². The van der Waals surface area contributed by atoms with E-state index in [0.29, 0.717) is 4.47 Å². The minimum Gasteiger partial charge on any atom is -0.377 e. The van der Waals surface area contributed by atoms with E-state index in [2.05, 4.69) is 15.9 Å². The summed E-state index contributed by atoms with van der Waals surface area (Å²) in [6, 6.07) is 3.31. The van der Waals surface area contributed by atoms with Gasteiger partial charge in [0.2, 0.25) is 0 Å². The van der Waals surface area contributed by atoms with Gasteiger partial charge in [-0.25, -0.2) is 4.39 Å². The molecule has 0 N–H and O–H groups in total. The summed E-state index contributed by atoms with van der Waals surface area (Å²) < 4.78 is 13.5. The first-order valence-corrected chi connectivity index (χ1v) is 4.44. The van der Waals surface area contributed by atoms with Crippen molar-refractivity contribution in [3.8, 4) is 0 Å². The molecule has 0 heterocycles. The van der Waals surface area contributed by atoms with Crippen molar-refractivity contribution in [1.29, 1.82) is 0 Å². The van der Waals surface area contributed by atoms with E-state index in [4.69, 9.17) is 0 Å². The van der Waals surface area contributed by atoms with E-state index in [0.717, 1.165) is 11.3 Å². The molecular weight excluding hydrogens is 221 g/mol. The SMILES string of the molecule is Cc1cc(F)c(Br)cc1N(C)C. The molecule has 1 aromatic carbocycles. The summed E-state index contributed by atoms with van der Waals surface area (Å²) in [6.07, 6.45) is 0. The maximum absolute atomic E-state index is 13.0. The van der Waals surface area contributed by atoms with Gasteiger partial charge in [0.05, 0.1) is 4.47 Å². The maximum atomic E-state index is 13.0. The quantitative estimate of drug-likeness (QED) is 0.719. The van der Waals surface area contributed by atoms with Crippen LogP contribution in [0.15, 0.2) is 16.6 Å². The van der Waals surface area contributed by atoms with Crippen molar-refractivity contribution in [2.75, 3.05) is 19.0 Å². The Bertz CT molecular complexity index is 297. The fourth-order valence-electron chi connectivity index (χ4n) is 1.12. The number of rotatable bonds is 1. The van der Waals surface area contributed by atoms with Gasteiger partial charge in [0.15, 0.2) is 0 Å². The van der Waals surface area contributed by atoms with Gasteiger partial charge in [-0.15, -0.1) is 0 Å². The third-order valence-corrected chi connectivity index (χ3v) is 2.33. The van der Waals surface area contributed by atoms with E-state index in [1.54, 1.807) is 6.07 Å². The zero-order valence-corrected chi connectivity index (χ0v) is 8.94. The van der Waals surface area contributed by atoms with E-state index in [-0.39, 0.29) is 5.82 Å². The van der Waals surface area contributed by atoms with Gasteiger partial charge in [0.1, 0.15) is 5.82 Å². The highest BCUT2D eigenvalue weighted by atomic mass is 79.9. The van der Waals surface area contributed by atoms with Crippen molar-refractivity contribution < 1.29 is 4.39 Å². The molecule has 0 amide bonds. The Balaban J connectivity index is 3.23. The molecule has 1 aromatic rings. The normalized spacial score (nSPS) is 10.1. The van der Waals surface area contributed by atoms with Crippen molar-refractivity contribution in [3.05, 3.63) is 28.0 Å². The number of nitrogens with zero attached hydrogens (tertiary/aromatic N) is 1. The average molecular weight is 232 g/mol. The maximum Gasteiger partial charge on any atom is 0.137 e. The van der Waals surface area contributed by atoms with E-state index < -0.39 is 0 Å². The highest BCUT2D eigenvalue weighted by Gasteiger charge is 2.05. The highest BCUT2D eigenvalue weighted by Crippen LogP contribution is 2.25. The number of halogens is 2. The van der Waals surface area contributed by atoms with Gasteiger partial charge < -0.3 is 4.90 Å². The van der Waals surface area contributed by atoms with Gasteiger partial charge in [-0.2, -0.15) is 0 Å². The molecule has 1 rings (SSSR count). The van der Waals surface area contributed by atoms with Crippen LogP contribution in [0, 0.1) is 12.7 Å². The molecular formula is C9H11BrFN. The predicted molar refractivity (Wildman–Crippen MR) is 53.2 cm³/mol. The van der Waals surface area contributed by atoms with Crippen LogP contribution in [0.2, 0.25) is 0 Å². The first-order valence-electron chi connectivity index (χ1n) is 3.65. The Morgan fingerprint density at radius 3 is 2.42 bits per heavy atom. The number of benzene rings is 1. The van der Waals surface area contributed by atoms with Crippen LogP contribution in [0.1, 0.15) is 5.56 Å². The van der Waals surface area contributed by atoms with Crippen LogP contribution >= 0.6 is 15.9 Å². The third kappa shape index (κ3) is 1.78. The monoisotopic (exact) mass is 231 g/mol. The van der Waals surface area contributed by atoms with Crippen LogP contribution in [0.4, 0.5) is 10.1 Å². The lowest BCUT2D eigenvalue weighted by atomic mass is 10.2. The Morgan fingerprint density at radius 1 is 1.33 bits per heavy atom. The van der Waals surface area contributed by atoms with E-state index in [1.807, 2.05) is 25.9 Å². The third-order valence-electron chi connectivity index (χ3n) is 1.72. The molecule has 1 nitrogen and oxygen atoms in total. The Labute approximate surface area is 80.3 Å². The summed E-state index contributed by atoms with van der Waals surface area (Å²) in [5.41, 5.74) is 1.98. The summed E-state index contributed by atoms with van der Waals surface area (Å²) in [5, 5.41) is 0. The number of anilines is 1. The zero-order chi connectivity index (χ0) is 9.30. The standard InChI is InChI=1S/C9H11BrFN/c1-6-4-8(11)7(10)5-9(6)12(2)3/h4-5H,1-3H3. The first kappa shape index (κ1) is 9.52. The van der Waals surface area contributed by atoms with Gasteiger partial charge in [0.25, 0.3) is 0 Å². The van der Waals surface area contributed by atoms with Crippen molar-refractivity contribution >= 4 is 21.6 Å². The predicted octanol–water partition coefficient (Wildman–Crippen LogP) is 2.96. The second kappa shape index (κ2) is 3.44. The molecule has 0 unspecified atom stereocenters. The molecule has 12 heavy (non-hydrogen) atoms. The van der Waals surface area contributed by atoms with Crippen molar-refractivity contribution in [2.45, 2.75) is 6.92 Å². The summed E-state index contributed by atoms with van der Waals surface area (Å²) in [5.74, 6) is -0.210. The molecule has 0 aromatic heterocycles. The summed E-state index contributed by atoms with van der Waals surface area (Å²) in [4.78, 5) is 1.96. The molecule has 0 saturated carbocycles. The molecule has 0 aliphatic carbocycles. The van der Waals surface area contributed by atoms with Crippen LogP contribution in [0.5, 0.6) is 0 Å². The molecule has 0 aliphatic heterocycles. The average Bonchev–Trinajstić information content (AvgIpc) is 1.96. The van der Waals surface area contributed by atoms with Crippen LogP contribution < -0.4 is 4.90 Å². The first-order chi connectivity index (χ1) is 5.52. The lowest BCUT2D eigenvalue weighted by Crippen LogP contribution is -2.10. The molecule has 0 fully saturated rings. The number of aryl methyl sites for hydroxylation is 1. The molecule has 0 spiro atoms. The van der Waals surface area contributed by atoms with Crippen LogP contribution in [0.3, 0.4) is 0 Å². The fraction of sp³-hybridized carbons (Fsp3) is 0.333. The lowest BCUT2D eigenvalue weighted by molar-refractivity contribution is 0.620. The topological polar surface area (TPSA) is 3.24 Å². The van der Waals surface area contributed by atoms with Crippen LogP contribution in [0.25, 0.3) is 0 Å². The van der Waals surface area contributed by atoms with E-state index in [9.17, 15) is 4.39 Å². The summed E-state index contributed by atoms with van der Waals surface area (Å²) in [7, 11) is 3.87. The molecule has 0 bridgehead atoms.